The maximum absolute atomic E-state index is 9.51. The highest BCUT2D eigenvalue weighted by molar-refractivity contribution is 6.24. The van der Waals surface area contributed by atoms with E-state index in [2.05, 4.69) is 70.4 Å². The van der Waals surface area contributed by atoms with Crippen molar-refractivity contribution in [2.24, 2.45) is 0 Å². The monoisotopic (exact) mass is 458 g/mol. The van der Waals surface area contributed by atoms with Crippen molar-refractivity contribution in [1.29, 1.82) is 10.5 Å². The van der Waals surface area contributed by atoms with Crippen LogP contribution in [0.25, 0.3) is 49.2 Å². The molecule has 0 unspecified atom stereocenters. The number of fused-ring (bicyclic) bond motifs is 6. The second kappa shape index (κ2) is 7.60. The molecule has 0 spiro atoms. The van der Waals surface area contributed by atoms with Gasteiger partial charge in [-0.1, -0.05) is 54.6 Å². The van der Waals surface area contributed by atoms with E-state index in [9.17, 15) is 10.5 Å². The van der Waals surface area contributed by atoms with Crippen molar-refractivity contribution in [3.8, 4) is 23.3 Å². The Kier molecular flexibility index (Phi) is 4.24. The van der Waals surface area contributed by atoms with Crippen LogP contribution in [0.4, 0.5) is 11.4 Å². The van der Waals surface area contributed by atoms with Crippen LogP contribution in [0.5, 0.6) is 0 Å². The van der Waals surface area contributed by atoms with Gasteiger partial charge in [0.05, 0.1) is 39.8 Å². The van der Waals surface area contributed by atoms with Gasteiger partial charge in [0.25, 0.3) is 0 Å². The fourth-order valence-corrected chi connectivity index (χ4v) is 5.30. The van der Waals surface area contributed by atoms with Gasteiger partial charge in [-0.05, 0) is 59.7 Å². The summed E-state index contributed by atoms with van der Waals surface area (Å²) in [5, 5.41) is 27.0. The molecule has 7 rings (SSSR count). The normalized spacial score (nSPS) is 11.3. The highest BCUT2D eigenvalue weighted by atomic mass is 14.9. The van der Waals surface area contributed by atoms with Crippen LogP contribution in [-0.4, -0.2) is 4.40 Å². The quantitative estimate of drug-likeness (QED) is 0.292. The Morgan fingerprint density at radius 1 is 0.528 bits per heavy atom. The summed E-state index contributed by atoms with van der Waals surface area (Å²) in [7, 11) is 0. The van der Waals surface area contributed by atoms with Gasteiger partial charge in [0.15, 0.2) is 0 Å². The van der Waals surface area contributed by atoms with E-state index in [-0.39, 0.29) is 0 Å². The van der Waals surface area contributed by atoms with Crippen molar-refractivity contribution < 1.29 is 0 Å². The first-order chi connectivity index (χ1) is 17.7. The molecule has 0 bridgehead atoms. The molecule has 0 aliphatic rings. The summed E-state index contributed by atoms with van der Waals surface area (Å²) in [6.07, 6.45) is 0. The van der Waals surface area contributed by atoms with Gasteiger partial charge in [0.1, 0.15) is 0 Å². The predicted octanol–water partition coefficient (Wildman–Crippen LogP) is 7.99. The summed E-state index contributed by atoms with van der Waals surface area (Å²) in [5.74, 6) is 0. The Balaban J connectivity index is 1.43. The topological polar surface area (TPSA) is 64.0 Å². The molecule has 5 aromatic carbocycles. The first kappa shape index (κ1) is 20.1. The van der Waals surface area contributed by atoms with E-state index < -0.39 is 0 Å². The number of hydrogen-bond donors (Lipinski definition) is 1. The van der Waals surface area contributed by atoms with Crippen LogP contribution >= 0.6 is 0 Å². The van der Waals surface area contributed by atoms with Crippen LogP contribution in [0.1, 0.15) is 11.1 Å². The third-order valence-corrected chi connectivity index (χ3v) is 6.93. The van der Waals surface area contributed by atoms with Gasteiger partial charge in [-0.25, -0.2) is 0 Å². The molecule has 1 N–H and O–H groups in total. The predicted molar refractivity (Wildman–Crippen MR) is 146 cm³/mol. The van der Waals surface area contributed by atoms with Gasteiger partial charge < -0.3 is 9.72 Å². The molecule has 4 nitrogen and oxygen atoms in total. The number of aromatic nitrogens is 1. The Morgan fingerprint density at radius 3 is 1.64 bits per heavy atom. The lowest BCUT2D eigenvalue weighted by molar-refractivity contribution is 1.36. The number of nitrogens with zero attached hydrogens (tertiary/aromatic N) is 3. The van der Waals surface area contributed by atoms with Crippen LogP contribution < -0.4 is 5.32 Å². The maximum atomic E-state index is 9.51. The molecule has 0 saturated carbocycles. The zero-order valence-electron chi connectivity index (χ0n) is 19.2. The first-order valence-electron chi connectivity index (χ1n) is 11.7. The fourth-order valence-electron chi connectivity index (χ4n) is 5.30. The number of anilines is 2. The summed E-state index contributed by atoms with van der Waals surface area (Å²) in [5.41, 5.74) is 8.66. The van der Waals surface area contributed by atoms with Crippen LogP contribution in [-0.2, 0) is 0 Å². The zero-order valence-corrected chi connectivity index (χ0v) is 19.2. The van der Waals surface area contributed by atoms with E-state index in [1.165, 1.54) is 11.1 Å². The molecule has 4 heteroatoms. The third-order valence-electron chi connectivity index (χ3n) is 6.93. The number of hydrogen-bond acceptors (Lipinski definition) is 3. The molecule has 36 heavy (non-hydrogen) atoms. The van der Waals surface area contributed by atoms with Crippen LogP contribution in [0, 0.1) is 22.7 Å². The molecule has 0 fully saturated rings. The standard InChI is InChI=1S/C32H18N4/c33-18-20-6-12-26-28-16-25(35-24-10-8-23(9-11-24)22-4-2-1-3-5-22)17-29-27-13-7-21(19-34)15-31(27)36(32(28)29)30(26)14-20/h1-17,35H. The molecule has 0 atom stereocenters. The first-order valence-corrected chi connectivity index (χ1v) is 11.7. The Hall–Kier alpha value is -5.32. The van der Waals surface area contributed by atoms with Crippen molar-refractivity contribution in [1.82, 2.24) is 4.40 Å². The number of benzene rings is 5. The highest BCUT2D eigenvalue weighted by Gasteiger charge is 2.19. The summed E-state index contributed by atoms with van der Waals surface area (Å²) in [6.45, 7) is 0. The summed E-state index contributed by atoms with van der Waals surface area (Å²) in [6, 6.07) is 39.3. The molecule has 0 aliphatic heterocycles. The molecule has 0 amide bonds. The fraction of sp³-hybridized carbons (Fsp3) is 0. The highest BCUT2D eigenvalue weighted by Crippen LogP contribution is 2.41. The molecule has 0 saturated heterocycles. The summed E-state index contributed by atoms with van der Waals surface area (Å²) >= 11 is 0. The van der Waals surface area contributed by atoms with E-state index in [1.54, 1.807) is 0 Å². The lowest BCUT2D eigenvalue weighted by atomic mass is 10.0. The molecular formula is C32H18N4. The molecule has 166 valence electrons. The average Bonchev–Trinajstić information content (AvgIpc) is 3.44. The molecular weight excluding hydrogens is 440 g/mol. The molecule has 2 heterocycles. The second-order valence-corrected chi connectivity index (χ2v) is 9.01. The molecule has 7 aromatic rings. The minimum absolute atomic E-state index is 0.616. The largest absolute Gasteiger partial charge is 0.355 e. The van der Waals surface area contributed by atoms with Gasteiger partial charge in [-0.2, -0.15) is 10.5 Å². The van der Waals surface area contributed by atoms with Gasteiger partial charge >= 0.3 is 0 Å². The van der Waals surface area contributed by atoms with Crippen molar-refractivity contribution in [3.05, 3.63) is 114 Å². The summed E-state index contributed by atoms with van der Waals surface area (Å²) < 4.78 is 2.19. The molecule has 2 aromatic heterocycles. The van der Waals surface area contributed by atoms with Gasteiger partial charge in [0.2, 0.25) is 0 Å². The van der Waals surface area contributed by atoms with E-state index in [0.29, 0.717) is 11.1 Å². The van der Waals surface area contributed by atoms with E-state index >= 15 is 0 Å². The van der Waals surface area contributed by atoms with Gasteiger partial charge in [-0.15, -0.1) is 0 Å². The van der Waals surface area contributed by atoms with Crippen molar-refractivity contribution in [3.63, 3.8) is 0 Å². The third kappa shape index (κ3) is 2.92. The maximum Gasteiger partial charge on any atom is 0.0992 e. The van der Waals surface area contributed by atoms with Crippen LogP contribution in [0.15, 0.2) is 103 Å². The van der Waals surface area contributed by atoms with Crippen LogP contribution in [0.3, 0.4) is 0 Å². The zero-order chi connectivity index (χ0) is 24.2. The van der Waals surface area contributed by atoms with Gasteiger partial charge in [0, 0.05) is 32.9 Å². The van der Waals surface area contributed by atoms with Gasteiger partial charge in [-0.3, -0.25) is 0 Å². The molecule has 0 aliphatic carbocycles. The van der Waals surface area contributed by atoms with E-state index in [0.717, 1.165) is 49.5 Å². The van der Waals surface area contributed by atoms with Crippen molar-refractivity contribution in [2.75, 3.05) is 5.32 Å². The number of rotatable bonds is 3. The minimum atomic E-state index is 0.616. The number of nitrogens with one attached hydrogen (secondary N) is 1. The lowest BCUT2D eigenvalue weighted by Gasteiger charge is -2.09. The molecule has 0 radical (unpaired) electrons. The minimum Gasteiger partial charge on any atom is -0.355 e. The smallest absolute Gasteiger partial charge is 0.0992 e. The lowest BCUT2D eigenvalue weighted by Crippen LogP contribution is -1.90. The Bertz CT molecular complexity index is 1920. The van der Waals surface area contributed by atoms with Crippen molar-refractivity contribution >= 4 is 49.5 Å². The summed E-state index contributed by atoms with van der Waals surface area (Å²) in [4.78, 5) is 0. The van der Waals surface area contributed by atoms with E-state index in [1.807, 2.05) is 54.6 Å². The Labute approximate surface area is 207 Å². The SMILES string of the molecule is N#Cc1ccc2c3cc(Nc4ccc(-c5ccccc5)cc4)cc4c5ccc(C#N)cc5n(c2c1)c34. The average molecular weight is 459 g/mol. The Morgan fingerprint density at radius 2 is 1.08 bits per heavy atom. The van der Waals surface area contributed by atoms with E-state index in [4.69, 9.17) is 0 Å². The number of nitriles is 2. The van der Waals surface area contributed by atoms with Crippen molar-refractivity contribution in [2.45, 2.75) is 0 Å². The second-order valence-electron chi connectivity index (χ2n) is 9.01. The van der Waals surface area contributed by atoms with Crippen LogP contribution in [0.2, 0.25) is 0 Å².